The van der Waals surface area contributed by atoms with Crippen LogP contribution >= 0.6 is 11.6 Å². The molecule has 0 atom stereocenters. The maximum Gasteiger partial charge on any atom is 0.336 e. The first kappa shape index (κ1) is 17.8. The Bertz CT molecular complexity index is 1070. The first-order valence-corrected chi connectivity index (χ1v) is 8.44. The number of rotatable bonds is 1. The molecule has 0 amide bonds. The van der Waals surface area contributed by atoms with E-state index < -0.39 is 5.97 Å². The highest BCUT2D eigenvalue weighted by Crippen LogP contribution is 2.23. The number of pyridine rings is 2. The summed E-state index contributed by atoms with van der Waals surface area (Å²) >= 11 is 5.99. The number of carbonyl (C=O) groups is 1. The number of hydrogen-bond acceptors (Lipinski definition) is 3. The lowest BCUT2D eigenvalue weighted by Crippen LogP contribution is -1.98. The molecule has 1 N–H and O–H groups in total. The topological polar surface area (TPSA) is 63.1 Å². The Balaban J connectivity index is 0.000000152. The highest BCUT2D eigenvalue weighted by atomic mass is 35.5. The van der Waals surface area contributed by atoms with E-state index >= 15 is 0 Å². The van der Waals surface area contributed by atoms with E-state index in [1.165, 1.54) is 12.3 Å². The third kappa shape index (κ3) is 3.51. The molecule has 0 radical (unpaired) electrons. The first-order chi connectivity index (χ1) is 12.5. The summed E-state index contributed by atoms with van der Waals surface area (Å²) in [6.45, 7) is 3.95. The molecule has 0 saturated carbocycles. The Labute approximate surface area is 156 Å². The van der Waals surface area contributed by atoms with E-state index in [1.807, 2.05) is 50.2 Å². The number of hydrogen-bond donors (Lipinski definition) is 1. The minimum absolute atomic E-state index is 0.304. The van der Waals surface area contributed by atoms with E-state index in [9.17, 15) is 4.79 Å². The number of aryl methyl sites for hydroxylation is 2. The van der Waals surface area contributed by atoms with Gasteiger partial charge in [-0.3, -0.25) is 9.97 Å². The molecule has 0 fully saturated rings. The molecule has 5 heteroatoms. The van der Waals surface area contributed by atoms with Crippen LogP contribution in [0, 0.1) is 13.8 Å². The third-order valence-electron chi connectivity index (χ3n) is 4.12. The second kappa shape index (κ2) is 7.50. The zero-order valence-corrected chi connectivity index (χ0v) is 15.2. The van der Waals surface area contributed by atoms with Crippen LogP contribution in [-0.4, -0.2) is 21.0 Å². The van der Waals surface area contributed by atoms with Gasteiger partial charge in [0, 0.05) is 23.2 Å². The van der Waals surface area contributed by atoms with Crippen LogP contribution in [0.2, 0.25) is 5.02 Å². The molecule has 2 aromatic carbocycles. The standard InChI is InChI=1S/C11H9NO2.C10H8ClN/c1-7-3-2-4-8-9(11(13)14)5-6-12-10(7)8;1-7-3-2-4-8-9(11)5-6-12-10(7)8/h2-6H,1H3,(H,13,14);2-6H,1H3. The lowest BCUT2D eigenvalue weighted by atomic mass is 10.1. The SMILES string of the molecule is Cc1cccc2c(C(=O)O)ccnc12.Cc1cccc2c(Cl)ccnc12. The monoisotopic (exact) mass is 364 g/mol. The van der Waals surface area contributed by atoms with Gasteiger partial charge in [-0.15, -0.1) is 0 Å². The Kier molecular flexibility index (Phi) is 5.14. The molecule has 0 aliphatic rings. The molecule has 0 spiro atoms. The van der Waals surface area contributed by atoms with Crippen LogP contribution in [0.25, 0.3) is 21.8 Å². The fourth-order valence-corrected chi connectivity index (χ4v) is 3.01. The maximum atomic E-state index is 10.9. The van der Waals surface area contributed by atoms with E-state index in [-0.39, 0.29) is 0 Å². The van der Waals surface area contributed by atoms with Gasteiger partial charge in [0.05, 0.1) is 21.6 Å². The van der Waals surface area contributed by atoms with Gasteiger partial charge < -0.3 is 5.11 Å². The highest BCUT2D eigenvalue weighted by Gasteiger charge is 2.08. The predicted octanol–water partition coefficient (Wildman–Crippen LogP) is 5.44. The van der Waals surface area contributed by atoms with Gasteiger partial charge in [0.25, 0.3) is 0 Å². The molecule has 4 nitrogen and oxygen atoms in total. The highest BCUT2D eigenvalue weighted by molar-refractivity contribution is 6.35. The number of aromatic carboxylic acids is 1. The molecular formula is C21H17ClN2O2. The van der Waals surface area contributed by atoms with Crippen molar-refractivity contribution in [2.75, 3.05) is 0 Å². The molecule has 0 saturated heterocycles. The summed E-state index contributed by atoms with van der Waals surface area (Å²) in [7, 11) is 0. The largest absolute Gasteiger partial charge is 0.478 e. The summed E-state index contributed by atoms with van der Waals surface area (Å²) in [6, 6.07) is 14.9. The van der Waals surface area contributed by atoms with E-state index in [4.69, 9.17) is 16.7 Å². The number of nitrogens with zero attached hydrogens (tertiary/aromatic N) is 2. The number of aromatic nitrogens is 2. The zero-order chi connectivity index (χ0) is 18.7. The first-order valence-electron chi connectivity index (χ1n) is 8.06. The fraction of sp³-hybridized carbons (Fsp3) is 0.0952. The summed E-state index contributed by atoms with van der Waals surface area (Å²) in [5, 5.41) is 11.4. The Hall–Kier alpha value is -2.98. The molecule has 2 aromatic heterocycles. The van der Waals surface area contributed by atoms with E-state index in [0.29, 0.717) is 10.9 Å². The van der Waals surface area contributed by atoms with Crippen molar-refractivity contribution in [3.8, 4) is 0 Å². The molecule has 4 aromatic rings. The lowest BCUT2D eigenvalue weighted by molar-refractivity contribution is 0.0699. The molecule has 0 unspecified atom stereocenters. The second-order valence-electron chi connectivity index (χ2n) is 5.90. The molecule has 0 aliphatic heterocycles. The zero-order valence-electron chi connectivity index (χ0n) is 14.4. The molecular weight excluding hydrogens is 348 g/mol. The van der Waals surface area contributed by atoms with Gasteiger partial charge in [-0.2, -0.15) is 0 Å². The van der Waals surface area contributed by atoms with E-state index in [0.717, 1.165) is 32.6 Å². The normalized spacial score (nSPS) is 10.4. The van der Waals surface area contributed by atoms with Gasteiger partial charge in [0.2, 0.25) is 0 Å². The van der Waals surface area contributed by atoms with Crippen LogP contribution in [0.1, 0.15) is 21.5 Å². The summed E-state index contributed by atoms with van der Waals surface area (Å²) in [6.07, 6.45) is 3.26. The van der Waals surface area contributed by atoms with Crippen molar-refractivity contribution >= 4 is 39.4 Å². The van der Waals surface area contributed by atoms with Gasteiger partial charge in [-0.1, -0.05) is 48.0 Å². The van der Waals surface area contributed by atoms with Gasteiger partial charge in [0.15, 0.2) is 0 Å². The van der Waals surface area contributed by atoms with E-state index in [2.05, 4.69) is 9.97 Å². The van der Waals surface area contributed by atoms with Crippen molar-refractivity contribution in [1.29, 1.82) is 0 Å². The van der Waals surface area contributed by atoms with E-state index in [1.54, 1.807) is 12.3 Å². The number of carboxylic acids is 1. The van der Waals surface area contributed by atoms with Crippen molar-refractivity contribution in [2.24, 2.45) is 0 Å². The van der Waals surface area contributed by atoms with Crippen molar-refractivity contribution in [2.45, 2.75) is 13.8 Å². The molecule has 0 aliphatic carbocycles. The second-order valence-corrected chi connectivity index (χ2v) is 6.31. The van der Waals surface area contributed by atoms with Gasteiger partial charge in [-0.25, -0.2) is 4.79 Å². The van der Waals surface area contributed by atoms with Crippen molar-refractivity contribution in [1.82, 2.24) is 9.97 Å². The summed E-state index contributed by atoms with van der Waals surface area (Å²) < 4.78 is 0. The smallest absolute Gasteiger partial charge is 0.336 e. The Morgan fingerprint density at radius 2 is 1.38 bits per heavy atom. The van der Waals surface area contributed by atoms with Crippen molar-refractivity contribution in [3.05, 3.63) is 82.6 Å². The van der Waals surface area contributed by atoms with Gasteiger partial charge >= 0.3 is 5.97 Å². The predicted molar refractivity (Wildman–Crippen MR) is 105 cm³/mol. The number of para-hydroxylation sites is 2. The fourth-order valence-electron chi connectivity index (χ4n) is 2.80. The van der Waals surface area contributed by atoms with Crippen LogP contribution in [0.15, 0.2) is 60.9 Å². The minimum Gasteiger partial charge on any atom is -0.478 e. The van der Waals surface area contributed by atoms with Gasteiger partial charge in [0.1, 0.15) is 0 Å². The van der Waals surface area contributed by atoms with Crippen molar-refractivity contribution < 1.29 is 9.90 Å². The van der Waals surface area contributed by atoms with Crippen LogP contribution in [-0.2, 0) is 0 Å². The quantitative estimate of drug-likeness (QED) is 0.488. The minimum atomic E-state index is -0.914. The summed E-state index contributed by atoms with van der Waals surface area (Å²) in [4.78, 5) is 19.3. The third-order valence-corrected chi connectivity index (χ3v) is 4.45. The summed E-state index contributed by atoms with van der Waals surface area (Å²) in [5.41, 5.74) is 4.21. The number of halogens is 1. The van der Waals surface area contributed by atoms with Crippen LogP contribution in [0.5, 0.6) is 0 Å². The molecule has 2 heterocycles. The number of benzene rings is 2. The Morgan fingerprint density at radius 1 is 0.846 bits per heavy atom. The van der Waals surface area contributed by atoms with Crippen molar-refractivity contribution in [3.63, 3.8) is 0 Å². The number of fused-ring (bicyclic) bond motifs is 2. The lowest BCUT2D eigenvalue weighted by Gasteiger charge is -2.03. The maximum absolute atomic E-state index is 10.9. The average Bonchev–Trinajstić information content (AvgIpc) is 2.63. The molecule has 130 valence electrons. The summed E-state index contributed by atoms with van der Waals surface area (Å²) in [5.74, 6) is -0.914. The number of carboxylic acid groups (broad SMARTS) is 1. The van der Waals surface area contributed by atoms with Crippen LogP contribution in [0.4, 0.5) is 0 Å². The van der Waals surface area contributed by atoms with Crippen LogP contribution < -0.4 is 0 Å². The van der Waals surface area contributed by atoms with Gasteiger partial charge in [-0.05, 0) is 37.1 Å². The van der Waals surface area contributed by atoms with Crippen LogP contribution in [0.3, 0.4) is 0 Å². The molecule has 4 rings (SSSR count). The Morgan fingerprint density at radius 3 is 1.96 bits per heavy atom. The average molecular weight is 365 g/mol. The molecule has 26 heavy (non-hydrogen) atoms. The molecule has 0 bridgehead atoms.